The Morgan fingerprint density at radius 2 is 1.47 bits per heavy atom. The number of para-hydroxylation sites is 1. The molecule has 11 nitrogen and oxygen atoms in total. The van der Waals surface area contributed by atoms with Crippen LogP contribution in [0.25, 0.3) is 0 Å². The van der Waals surface area contributed by atoms with Gasteiger partial charge in [0.15, 0.2) is 11.5 Å². The van der Waals surface area contributed by atoms with Crippen molar-refractivity contribution in [3.8, 4) is 11.5 Å². The summed E-state index contributed by atoms with van der Waals surface area (Å²) in [6, 6.07) is 5.74. The highest BCUT2D eigenvalue weighted by Gasteiger charge is 2.11. The van der Waals surface area contributed by atoms with E-state index in [2.05, 4.69) is 44.7 Å². The molecule has 34 heavy (non-hydrogen) atoms. The van der Waals surface area contributed by atoms with E-state index in [4.69, 9.17) is 24.7 Å². The Morgan fingerprint density at radius 3 is 2.09 bits per heavy atom. The minimum atomic E-state index is 0.450. The number of aromatic nitrogens is 3. The van der Waals surface area contributed by atoms with Crippen molar-refractivity contribution in [1.29, 1.82) is 0 Å². The van der Waals surface area contributed by atoms with Gasteiger partial charge in [-0.2, -0.15) is 15.0 Å². The van der Waals surface area contributed by atoms with Crippen LogP contribution in [0.4, 0.5) is 17.8 Å². The zero-order chi connectivity index (χ0) is 24.6. The summed E-state index contributed by atoms with van der Waals surface area (Å²) in [6.07, 6.45) is 1.01. The van der Waals surface area contributed by atoms with E-state index in [1.54, 1.807) is 14.2 Å². The van der Waals surface area contributed by atoms with Crippen molar-refractivity contribution in [2.45, 2.75) is 26.8 Å². The second-order valence-electron chi connectivity index (χ2n) is 7.86. The van der Waals surface area contributed by atoms with Crippen molar-refractivity contribution < 1.29 is 18.9 Å². The third-order valence-corrected chi connectivity index (χ3v) is 4.73. The Hall–Kier alpha value is -2.89. The van der Waals surface area contributed by atoms with Crippen LogP contribution in [0.1, 0.15) is 25.8 Å². The van der Waals surface area contributed by atoms with E-state index in [1.807, 2.05) is 18.2 Å². The van der Waals surface area contributed by atoms with Gasteiger partial charge in [0.2, 0.25) is 17.8 Å². The van der Waals surface area contributed by atoms with Crippen LogP contribution in [-0.2, 0) is 16.0 Å². The lowest BCUT2D eigenvalue weighted by Gasteiger charge is -2.14. The Morgan fingerprint density at radius 1 is 0.824 bits per heavy atom. The number of anilines is 3. The van der Waals surface area contributed by atoms with Gasteiger partial charge < -0.3 is 40.6 Å². The van der Waals surface area contributed by atoms with Gasteiger partial charge in [-0.25, -0.2) is 0 Å². The Balaban J connectivity index is 1.99. The molecule has 1 aromatic carbocycles. The van der Waals surface area contributed by atoms with E-state index in [9.17, 15) is 0 Å². The second kappa shape index (κ2) is 15.9. The molecule has 0 saturated heterocycles. The molecule has 1 heterocycles. The van der Waals surface area contributed by atoms with Crippen molar-refractivity contribution in [3.05, 3.63) is 23.8 Å². The first-order chi connectivity index (χ1) is 16.6. The molecule has 0 saturated carbocycles. The number of nitrogens with zero attached hydrogens (tertiary/aromatic N) is 3. The van der Waals surface area contributed by atoms with Crippen molar-refractivity contribution >= 4 is 17.8 Å². The minimum Gasteiger partial charge on any atom is -0.493 e. The lowest BCUT2D eigenvalue weighted by Crippen LogP contribution is -2.17. The first-order valence-electron chi connectivity index (χ1n) is 11.6. The maximum absolute atomic E-state index is 5.55. The molecule has 0 aliphatic carbocycles. The topological polar surface area (TPSA) is 138 Å². The molecular weight excluding hydrogens is 438 g/mol. The van der Waals surface area contributed by atoms with Gasteiger partial charge in [0.05, 0.1) is 40.6 Å². The summed E-state index contributed by atoms with van der Waals surface area (Å²) in [5.74, 6) is 3.35. The molecule has 0 radical (unpaired) electrons. The van der Waals surface area contributed by atoms with Crippen LogP contribution in [0.5, 0.6) is 11.5 Å². The van der Waals surface area contributed by atoms with Gasteiger partial charge in [0, 0.05) is 31.7 Å². The molecule has 11 heteroatoms. The number of nitrogens with one attached hydrogen (secondary N) is 3. The summed E-state index contributed by atoms with van der Waals surface area (Å²) in [4.78, 5) is 13.5. The number of hydrogen-bond acceptors (Lipinski definition) is 11. The number of ether oxygens (including phenoxy) is 4. The minimum absolute atomic E-state index is 0.450. The zero-order valence-corrected chi connectivity index (χ0v) is 20.7. The third-order valence-electron chi connectivity index (χ3n) is 4.73. The Labute approximate surface area is 202 Å². The van der Waals surface area contributed by atoms with Gasteiger partial charge in [-0.3, -0.25) is 0 Å². The molecule has 0 spiro atoms. The summed E-state index contributed by atoms with van der Waals surface area (Å²) >= 11 is 0. The van der Waals surface area contributed by atoms with Crippen LogP contribution < -0.4 is 31.2 Å². The molecular formula is C23H39N7O4. The number of hydrogen-bond donors (Lipinski definition) is 4. The maximum Gasteiger partial charge on any atom is 0.229 e. The molecule has 5 N–H and O–H groups in total. The normalized spacial score (nSPS) is 10.9. The summed E-state index contributed by atoms with van der Waals surface area (Å²) in [6.45, 7) is 8.72. The molecule has 2 rings (SSSR count). The van der Waals surface area contributed by atoms with Gasteiger partial charge >= 0.3 is 0 Å². The fourth-order valence-electron chi connectivity index (χ4n) is 2.99. The van der Waals surface area contributed by atoms with Crippen LogP contribution in [0.2, 0.25) is 0 Å². The summed E-state index contributed by atoms with van der Waals surface area (Å²) in [5, 5.41) is 9.74. The molecule has 1 aromatic heterocycles. The van der Waals surface area contributed by atoms with Crippen LogP contribution >= 0.6 is 0 Å². The van der Waals surface area contributed by atoms with E-state index < -0.39 is 0 Å². The predicted octanol–water partition coefficient (Wildman–Crippen LogP) is 2.36. The average Bonchev–Trinajstić information content (AvgIpc) is 2.83. The highest BCUT2D eigenvalue weighted by atomic mass is 16.5. The number of nitrogens with two attached hydrogens (primary N) is 1. The van der Waals surface area contributed by atoms with Crippen molar-refractivity contribution in [3.63, 3.8) is 0 Å². The molecule has 190 valence electrons. The van der Waals surface area contributed by atoms with Crippen LogP contribution in [-0.4, -0.2) is 75.2 Å². The van der Waals surface area contributed by atoms with Crippen LogP contribution in [0.3, 0.4) is 0 Å². The second-order valence-corrected chi connectivity index (χ2v) is 7.86. The van der Waals surface area contributed by atoms with Gasteiger partial charge in [0.1, 0.15) is 0 Å². The van der Waals surface area contributed by atoms with Gasteiger partial charge in [-0.1, -0.05) is 26.0 Å². The van der Waals surface area contributed by atoms with E-state index in [-0.39, 0.29) is 0 Å². The average molecular weight is 478 g/mol. The van der Waals surface area contributed by atoms with Crippen LogP contribution in [0.15, 0.2) is 18.2 Å². The van der Waals surface area contributed by atoms with Gasteiger partial charge in [0.25, 0.3) is 0 Å². The lowest BCUT2D eigenvalue weighted by molar-refractivity contribution is 0.0547. The molecule has 0 atom stereocenters. The van der Waals surface area contributed by atoms with Gasteiger partial charge in [-0.05, 0) is 18.4 Å². The number of methoxy groups -OCH3 is 2. The Kier molecular flexibility index (Phi) is 12.8. The molecule has 0 aliphatic heterocycles. The van der Waals surface area contributed by atoms with Crippen molar-refractivity contribution in [1.82, 2.24) is 15.0 Å². The highest BCUT2D eigenvalue weighted by Crippen LogP contribution is 2.31. The van der Waals surface area contributed by atoms with Crippen molar-refractivity contribution in [2.75, 3.05) is 76.2 Å². The first kappa shape index (κ1) is 27.4. The van der Waals surface area contributed by atoms with E-state index in [0.717, 1.165) is 18.5 Å². The monoisotopic (exact) mass is 477 g/mol. The lowest BCUT2D eigenvalue weighted by atomic mass is 10.1. The molecule has 0 amide bonds. The van der Waals surface area contributed by atoms with Crippen molar-refractivity contribution in [2.24, 2.45) is 11.7 Å². The van der Waals surface area contributed by atoms with E-state index in [1.165, 1.54) is 0 Å². The predicted molar refractivity (Wildman–Crippen MR) is 134 cm³/mol. The third kappa shape index (κ3) is 9.94. The number of benzene rings is 1. The standard InChI is InChI=1S/C23H39N7O4/c1-17(2)8-10-25-21-28-22(26-11-13-34-15-14-33-12-9-24)30-23(29-21)27-16-18-6-5-7-19(31-3)20(18)32-4/h5-7,17H,8-16,24H2,1-4H3,(H3,25,26,27,28,29,30). The first-order valence-corrected chi connectivity index (χ1v) is 11.6. The largest absolute Gasteiger partial charge is 0.493 e. The number of rotatable bonds is 18. The summed E-state index contributed by atoms with van der Waals surface area (Å²) in [7, 11) is 3.24. The van der Waals surface area contributed by atoms with Gasteiger partial charge in [-0.15, -0.1) is 0 Å². The fourth-order valence-corrected chi connectivity index (χ4v) is 2.99. The quantitative estimate of drug-likeness (QED) is 0.235. The zero-order valence-electron chi connectivity index (χ0n) is 20.7. The molecule has 0 fully saturated rings. The fraction of sp³-hybridized carbons (Fsp3) is 0.609. The van der Waals surface area contributed by atoms with E-state index in [0.29, 0.717) is 81.3 Å². The van der Waals surface area contributed by atoms with Crippen LogP contribution in [0, 0.1) is 5.92 Å². The molecule has 0 aliphatic rings. The smallest absolute Gasteiger partial charge is 0.229 e. The molecule has 0 unspecified atom stereocenters. The SMILES string of the molecule is COc1cccc(CNc2nc(NCCOCCOCCN)nc(NCCC(C)C)n2)c1OC. The molecule has 2 aromatic rings. The maximum atomic E-state index is 5.55. The summed E-state index contributed by atoms with van der Waals surface area (Å²) in [5.41, 5.74) is 6.32. The highest BCUT2D eigenvalue weighted by molar-refractivity contribution is 5.49. The Bertz CT molecular complexity index is 839. The van der Waals surface area contributed by atoms with E-state index >= 15 is 0 Å². The summed E-state index contributed by atoms with van der Waals surface area (Å²) < 4.78 is 21.7. The molecule has 0 bridgehead atoms.